The van der Waals surface area contributed by atoms with Gasteiger partial charge in [0.2, 0.25) is 0 Å². The molecule has 1 aromatic heterocycles. The number of aliphatic hydroxyl groups is 1. The zero-order valence-electron chi connectivity index (χ0n) is 20.3. The number of aromatic nitrogens is 1. The van der Waals surface area contributed by atoms with Crippen LogP contribution in [-0.4, -0.2) is 24.2 Å². The van der Waals surface area contributed by atoms with Gasteiger partial charge in [-0.25, -0.2) is 0 Å². The Morgan fingerprint density at radius 2 is 1.33 bits per heavy atom. The van der Waals surface area contributed by atoms with Crippen LogP contribution in [0.2, 0.25) is 0 Å². The Morgan fingerprint density at radius 1 is 0.694 bits per heavy atom. The summed E-state index contributed by atoms with van der Waals surface area (Å²) >= 11 is 0. The summed E-state index contributed by atoms with van der Waals surface area (Å²) in [6.45, 7) is 0. The van der Waals surface area contributed by atoms with Crippen LogP contribution in [0.5, 0.6) is 0 Å². The largest absolute Gasteiger partial charge is 0.378 e. The molecule has 0 amide bonds. The van der Waals surface area contributed by atoms with Crippen LogP contribution in [-0.2, 0) is 0 Å². The van der Waals surface area contributed by atoms with Gasteiger partial charge in [-0.2, -0.15) is 0 Å². The standard InChI is InChI=1S/C30H29N5O/c1-35(2)26-16-17-28-27(20-26)29(18-19-31-28)33-24-10-8-21(9-11-24)30(36)34-25-14-12-23(13-15-25)32-22-6-4-3-5-7-22/h3-20,30,32,34,36H,1-2H3,(H,31,33). The lowest BCUT2D eigenvalue weighted by Gasteiger charge is -2.17. The summed E-state index contributed by atoms with van der Waals surface area (Å²) in [6.07, 6.45) is 0.985. The molecule has 0 saturated carbocycles. The van der Waals surface area contributed by atoms with E-state index in [1.165, 1.54) is 0 Å². The molecule has 0 bridgehead atoms. The highest BCUT2D eigenvalue weighted by Crippen LogP contribution is 2.29. The summed E-state index contributed by atoms with van der Waals surface area (Å²) in [7, 11) is 4.05. The van der Waals surface area contributed by atoms with Gasteiger partial charge in [-0.05, 0) is 72.8 Å². The minimum Gasteiger partial charge on any atom is -0.378 e. The lowest BCUT2D eigenvalue weighted by molar-refractivity contribution is 0.208. The van der Waals surface area contributed by atoms with Gasteiger partial charge in [0.15, 0.2) is 6.23 Å². The second-order valence-electron chi connectivity index (χ2n) is 8.82. The Bertz CT molecular complexity index is 1430. The van der Waals surface area contributed by atoms with Crippen molar-refractivity contribution in [1.29, 1.82) is 0 Å². The molecule has 0 aliphatic carbocycles. The van der Waals surface area contributed by atoms with E-state index >= 15 is 0 Å². The highest BCUT2D eigenvalue weighted by molar-refractivity contribution is 5.95. The van der Waals surface area contributed by atoms with Crippen LogP contribution >= 0.6 is 0 Å². The minimum atomic E-state index is -0.823. The van der Waals surface area contributed by atoms with Gasteiger partial charge in [0, 0.05) is 65.4 Å². The number of fused-ring (bicyclic) bond motifs is 1. The Labute approximate surface area is 211 Å². The van der Waals surface area contributed by atoms with Crippen molar-refractivity contribution in [2.75, 3.05) is 34.9 Å². The van der Waals surface area contributed by atoms with Crippen LogP contribution in [0.15, 0.2) is 109 Å². The summed E-state index contributed by atoms with van der Waals surface area (Å²) in [6, 6.07) is 33.9. The smallest absolute Gasteiger partial charge is 0.150 e. The maximum Gasteiger partial charge on any atom is 0.150 e. The lowest BCUT2D eigenvalue weighted by Crippen LogP contribution is -2.09. The first kappa shape index (κ1) is 23.2. The number of nitrogens with one attached hydrogen (secondary N) is 3. The zero-order valence-corrected chi connectivity index (χ0v) is 20.3. The van der Waals surface area contributed by atoms with Crippen molar-refractivity contribution in [3.63, 3.8) is 0 Å². The summed E-state index contributed by atoms with van der Waals surface area (Å²) in [5.74, 6) is 0. The van der Waals surface area contributed by atoms with Crippen molar-refractivity contribution in [1.82, 2.24) is 4.98 Å². The molecular weight excluding hydrogens is 446 g/mol. The normalized spacial score (nSPS) is 11.6. The number of hydrogen-bond donors (Lipinski definition) is 4. The molecule has 5 rings (SSSR count). The van der Waals surface area contributed by atoms with Gasteiger partial charge in [0.05, 0.1) is 5.52 Å². The Hall–Kier alpha value is -4.55. The van der Waals surface area contributed by atoms with Crippen molar-refractivity contribution in [2.24, 2.45) is 0 Å². The van der Waals surface area contributed by atoms with Gasteiger partial charge < -0.3 is 26.0 Å². The molecular formula is C30H29N5O. The molecule has 4 aromatic carbocycles. The Kier molecular flexibility index (Phi) is 6.69. The molecule has 0 radical (unpaired) electrons. The van der Waals surface area contributed by atoms with Gasteiger partial charge in [0.25, 0.3) is 0 Å². The first-order chi connectivity index (χ1) is 17.5. The van der Waals surface area contributed by atoms with E-state index in [-0.39, 0.29) is 0 Å². The fourth-order valence-corrected chi connectivity index (χ4v) is 4.00. The molecule has 0 saturated heterocycles. The fourth-order valence-electron chi connectivity index (χ4n) is 4.00. The number of para-hydroxylation sites is 1. The molecule has 0 aliphatic rings. The molecule has 1 atom stereocenters. The second-order valence-corrected chi connectivity index (χ2v) is 8.82. The maximum absolute atomic E-state index is 10.7. The molecule has 0 spiro atoms. The predicted molar refractivity (Wildman–Crippen MR) is 151 cm³/mol. The van der Waals surface area contributed by atoms with E-state index in [0.717, 1.165) is 50.6 Å². The maximum atomic E-state index is 10.7. The quantitative estimate of drug-likeness (QED) is 0.183. The SMILES string of the molecule is CN(C)c1ccc2nccc(Nc3ccc(C(O)Nc4ccc(Nc5ccccc5)cc4)cc3)c2c1. The number of benzene rings is 4. The van der Waals surface area contributed by atoms with Gasteiger partial charge in [0.1, 0.15) is 0 Å². The van der Waals surface area contributed by atoms with Crippen molar-refractivity contribution < 1.29 is 5.11 Å². The molecule has 1 heterocycles. The fraction of sp³-hybridized carbons (Fsp3) is 0.100. The number of hydrogen-bond acceptors (Lipinski definition) is 6. The topological polar surface area (TPSA) is 72.5 Å². The molecule has 6 nitrogen and oxygen atoms in total. The number of rotatable bonds is 8. The highest BCUT2D eigenvalue weighted by atomic mass is 16.3. The van der Waals surface area contributed by atoms with Crippen LogP contribution in [0.1, 0.15) is 11.8 Å². The van der Waals surface area contributed by atoms with Crippen molar-refractivity contribution >= 4 is 45.0 Å². The average Bonchev–Trinajstić information content (AvgIpc) is 2.91. The van der Waals surface area contributed by atoms with Crippen LogP contribution in [0.25, 0.3) is 10.9 Å². The van der Waals surface area contributed by atoms with Gasteiger partial charge in [-0.1, -0.05) is 30.3 Å². The molecule has 1 unspecified atom stereocenters. The minimum absolute atomic E-state index is 0.779. The monoisotopic (exact) mass is 475 g/mol. The van der Waals surface area contributed by atoms with Crippen molar-refractivity contribution in [3.05, 3.63) is 115 Å². The molecule has 36 heavy (non-hydrogen) atoms. The summed E-state index contributed by atoms with van der Waals surface area (Å²) in [4.78, 5) is 6.56. The molecule has 5 aromatic rings. The van der Waals surface area contributed by atoms with Crippen LogP contribution in [0.4, 0.5) is 34.1 Å². The third-order valence-corrected chi connectivity index (χ3v) is 6.00. The van der Waals surface area contributed by atoms with E-state index in [1.807, 2.05) is 111 Å². The first-order valence-corrected chi connectivity index (χ1v) is 11.8. The Balaban J connectivity index is 1.24. The second kappa shape index (κ2) is 10.4. The third kappa shape index (κ3) is 5.40. The average molecular weight is 476 g/mol. The zero-order chi connectivity index (χ0) is 24.9. The first-order valence-electron chi connectivity index (χ1n) is 11.8. The van der Waals surface area contributed by atoms with Crippen LogP contribution < -0.4 is 20.9 Å². The van der Waals surface area contributed by atoms with Gasteiger partial charge >= 0.3 is 0 Å². The van der Waals surface area contributed by atoms with Crippen molar-refractivity contribution in [3.8, 4) is 0 Å². The summed E-state index contributed by atoms with van der Waals surface area (Å²) in [5, 5.41) is 21.8. The van der Waals surface area contributed by atoms with Crippen molar-refractivity contribution in [2.45, 2.75) is 6.23 Å². The predicted octanol–water partition coefficient (Wildman–Crippen LogP) is 6.89. The molecule has 0 aliphatic heterocycles. The van der Waals surface area contributed by atoms with E-state index in [1.54, 1.807) is 0 Å². The number of aliphatic hydroxyl groups excluding tert-OH is 1. The lowest BCUT2D eigenvalue weighted by atomic mass is 10.1. The van der Waals surface area contributed by atoms with Crippen LogP contribution in [0.3, 0.4) is 0 Å². The summed E-state index contributed by atoms with van der Waals surface area (Å²) in [5.41, 5.74) is 7.61. The van der Waals surface area contributed by atoms with E-state index < -0.39 is 6.23 Å². The van der Waals surface area contributed by atoms with Crippen LogP contribution in [0, 0.1) is 0 Å². The molecule has 180 valence electrons. The number of anilines is 6. The molecule has 6 heteroatoms. The van der Waals surface area contributed by atoms with E-state index in [2.05, 4.69) is 38.0 Å². The molecule has 4 N–H and O–H groups in total. The van der Waals surface area contributed by atoms with Gasteiger partial charge in [-0.15, -0.1) is 0 Å². The van der Waals surface area contributed by atoms with Gasteiger partial charge in [-0.3, -0.25) is 4.98 Å². The van der Waals surface area contributed by atoms with E-state index in [0.29, 0.717) is 0 Å². The Morgan fingerprint density at radius 3 is 2.06 bits per heavy atom. The third-order valence-electron chi connectivity index (χ3n) is 6.00. The number of nitrogens with zero attached hydrogens (tertiary/aromatic N) is 2. The molecule has 0 fully saturated rings. The summed E-state index contributed by atoms with van der Waals surface area (Å²) < 4.78 is 0. The highest BCUT2D eigenvalue weighted by Gasteiger charge is 2.09. The van der Waals surface area contributed by atoms with E-state index in [4.69, 9.17) is 0 Å². The van der Waals surface area contributed by atoms with E-state index in [9.17, 15) is 5.11 Å². The number of pyridine rings is 1.